The Kier molecular flexibility index (Phi) is 9.79. The van der Waals surface area contributed by atoms with Crippen molar-refractivity contribution < 1.29 is 29.3 Å². The number of Topliss-reactive ketones (excluding diaryl/α,β-unsaturated/α-hetero) is 1. The quantitative estimate of drug-likeness (QED) is 0.172. The number of aryl methyl sites for hydroxylation is 3. The summed E-state index contributed by atoms with van der Waals surface area (Å²) < 4.78 is 11.6. The minimum Gasteiger partial charge on any atom is -0.482 e. The predicted octanol–water partition coefficient (Wildman–Crippen LogP) is 6.06. The molecule has 8 heteroatoms. The molecule has 1 fully saturated rings. The number of hydrogen-bond acceptors (Lipinski definition) is 7. The van der Waals surface area contributed by atoms with Crippen molar-refractivity contribution in [3.63, 3.8) is 0 Å². The Morgan fingerprint density at radius 2 is 1.63 bits per heavy atom. The number of ether oxygens (including phenoxy) is 2. The van der Waals surface area contributed by atoms with Crippen LogP contribution in [-0.4, -0.2) is 58.2 Å². The number of nitrogens with zero attached hydrogens (tertiary/aromatic N) is 1. The van der Waals surface area contributed by atoms with Crippen LogP contribution in [0.25, 0.3) is 0 Å². The van der Waals surface area contributed by atoms with E-state index in [0.29, 0.717) is 36.6 Å². The summed E-state index contributed by atoms with van der Waals surface area (Å²) in [6.45, 7) is 7.88. The molecule has 41 heavy (non-hydrogen) atoms. The number of carbonyl (C=O) groups is 2. The zero-order valence-corrected chi connectivity index (χ0v) is 25.1. The summed E-state index contributed by atoms with van der Waals surface area (Å²) in [4.78, 5) is 29.5. The summed E-state index contributed by atoms with van der Waals surface area (Å²) in [5.74, 6) is 0.769. The molecule has 0 saturated carbocycles. The number of ketones is 1. The van der Waals surface area contributed by atoms with E-state index in [4.69, 9.17) is 9.47 Å². The van der Waals surface area contributed by atoms with Crippen molar-refractivity contribution >= 4 is 23.6 Å². The van der Waals surface area contributed by atoms with Crippen molar-refractivity contribution in [1.29, 1.82) is 0 Å². The molecule has 3 aromatic rings. The normalized spacial score (nSPS) is 17.1. The SMILES string of the molecule is CSc1ccc(C(=O)[C@H]2CN(C(=O)Oc3ccccc3)C[C@@H]2CCc2cc(C)c(OC(C)(C)C(O)O)c(C)c2)cc1. The van der Waals surface area contributed by atoms with Gasteiger partial charge in [0.05, 0.1) is 0 Å². The Hall–Kier alpha value is -3.33. The van der Waals surface area contributed by atoms with Crippen LogP contribution in [0.4, 0.5) is 4.79 Å². The molecule has 1 saturated heterocycles. The Balaban J connectivity index is 1.52. The zero-order valence-electron chi connectivity index (χ0n) is 24.3. The molecule has 4 rings (SSSR count). The summed E-state index contributed by atoms with van der Waals surface area (Å²) >= 11 is 1.63. The van der Waals surface area contributed by atoms with Crippen LogP contribution in [0.5, 0.6) is 11.5 Å². The minimum absolute atomic E-state index is 0.0361. The number of para-hydroxylation sites is 1. The van der Waals surface area contributed by atoms with Gasteiger partial charge in [-0.3, -0.25) is 4.79 Å². The van der Waals surface area contributed by atoms with Crippen LogP contribution < -0.4 is 9.47 Å². The second-order valence-electron chi connectivity index (χ2n) is 11.2. The average molecular weight is 578 g/mol. The van der Waals surface area contributed by atoms with Gasteiger partial charge in [0.1, 0.15) is 11.5 Å². The molecule has 1 aliphatic heterocycles. The van der Waals surface area contributed by atoms with Gasteiger partial charge in [-0.2, -0.15) is 0 Å². The number of hydrogen-bond donors (Lipinski definition) is 2. The summed E-state index contributed by atoms with van der Waals surface area (Å²) in [6.07, 6.45) is 1.37. The van der Waals surface area contributed by atoms with Crippen LogP contribution in [0.15, 0.2) is 71.6 Å². The monoisotopic (exact) mass is 577 g/mol. The van der Waals surface area contributed by atoms with Gasteiger partial charge in [0.15, 0.2) is 17.7 Å². The summed E-state index contributed by atoms with van der Waals surface area (Å²) in [7, 11) is 0. The lowest BCUT2D eigenvalue weighted by atomic mass is 9.84. The van der Waals surface area contributed by atoms with Gasteiger partial charge < -0.3 is 24.6 Å². The molecule has 7 nitrogen and oxygen atoms in total. The first-order chi connectivity index (χ1) is 19.5. The van der Waals surface area contributed by atoms with E-state index in [-0.39, 0.29) is 17.6 Å². The molecule has 3 aromatic carbocycles. The third-order valence-corrected chi connectivity index (χ3v) is 8.41. The van der Waals surface area contributed by atoms with Crippen molar-refractivity contribution in [1.82, 2.24) is 4.90 Å². The van der Waals surface area contributed by atoms with Gasteiger partial charge >= 0.3 is 6.09 Å². The van der Waals surface area contributed by atoms with Gasteiger partial charge in [-0.1, -0.05) is 42.5 Å². The first-order valence-corrected chi connectivity index (χ1v) is 15.1. The Morgan fingerprint density at radius 3 is 2.22 bits per heavy atom. The summed E-state index contributed by atoms with van der Waals surface area (Å²) in [5.41, 5.74) is 2.39. The molecule has 1 amide bonds. The van der Waals surface area contributed by atoms with Crippen LogP contribution in [0, 0.1) is 25.7 Å². The van der Waals surface area contributed by atoms with Gasteiger partial charge in [0.25, 0.3) is 0 Å². The highest BCUT2D eigenvalue weighted by Gasteiger charge is 2.40. The van der Waals surface area contributed by atoms with Crippen LogP contribution >= 0.6 is 11.8 Å². The first kappa shape index (κ1) is 30.6. The average Bonchev–Trinajstić information content (AvgIpc) is 3.38. The molecular formula is C33H39NO6S. The van der Waals surface area contributed by atoms with Crippen LogP contribution in [0.2, 0.25) is 0 Å². The number of thioether (sulfide) groups is 1. The topological polar surface area (TPSA) is 96.3 Å². The Bertz CT molecular complexity index is 1330. The van der Waals surface area contributed by atoms with Crippen LogP contribution in [-0.2, 0) is 6.42 Å². The third-order valence-electron chi connectivity index (χ3n) is 7.67. The van der Waals surface area contributed by atoms with E-state index >= 15 is 0 Å². The number of likely N-dealkylation sites (tertiary alicyclic amines) is 1. The smallest absolute Gasteiger partial charge is 0.415 e. The zero-order chi connectivity index (χ0) is 29.7. The van der Waals surface area contributed by atoms with Crippen molar-refractivity contribution in [2.45, 2.75) is 57.3 Å². The van der Waals surface area contributed by atoms with Gasteiger partial charge in [0.2, 0.25) is 0 Å². The summed E-state index contributed by atoms with van der Waals surface area (Å²) in [5, 5.41) is 19.3. The van der Waals surface area contributed by atoms with Gasteiger partial charge in [0, 0.05) is 29.5 Å². The molecule has 0 unspecified atom stereocenters. The van der Waals surface area contributed by atoms with Crippen molar-refractivity contribution in [3.8, 4) is 11.5 Å². The van der Waals surface area contributed by atoms with Crippen molar-refractivity contribution in [3.05, 3.63) is 89.0 Å². The van der Waals surface area contributed by atoms with Crippen LogP contribution in [0.1, 0.15) is 47.3 Å². The van der Waals surface area contributed by atoms with E-state index < -0.39 is 18.0 Å². The Morgan fingerprint density at radius 1 is 1.00 bits per heavy atom. The van der Waals surface area contributed by atoms with Crippen molar-refractivity contribution in [2.75, 3.05) is 19.3 Å². The standard InChI is InChI=1S/C33H39NO6S/c1-21-17-23(18-22(2)30(21)40-33(3,4)31(36)37)11-12-25-19-34(32(38)39-26-9-7-6-8-10-26)20-28(25)29(35)24-13-15-27(41-5)16-14-24/h6-10,13-18,25,28,31,36-37H,11-12,19-20H2,1-5H3/t25-,28-/m0/s1. The summed E-state index contributed by atoms with van der Waals surface area (Å²) in [6, 6.07) is 20.7. The number of benzene rings is 3. The number of aliphatic hydroxyl groups is 2. The fraction of sp³-hybridized carbons (Fsp3) is 0.394. The largest absolute Gasteiger partial charge is 0.482 e. The molecule has 0 aliphatic carbocycles. The van der Waals surface area contributed by atoms with Gasteiger partial charge in [-0.15, -0.1) is 11.8 Å². The molecule has 0 spiro atoms. The van der Waals surface area contributed by atoms with E-state index in [2.05, 4.69) is 0 Å². The minimum atomic E-state index is -1.62. The molecule has 2 atom stereocenters. The van der Waals surface area contributed by atoms with E-state index in [1.807, 2.05) is 74.7 Å². The van der Waals surface area contributed by atoms with Crippen LogP contribution in [0.3, 0.4) is 0 Å². The first-order valence-electron chi connectivity index (χ1n) is 13.8. The molecule has 1 heterocycles. The van der Waals surface area contributed by atoms with Gasteiger partial charge in [-0.25, -0.2) is 4.79 Å². The maximum Gasteiger partial charge on any atom is 0.415 e. The maximum absolute atomic E-state index is 13.7. The van der Waals surface area contributed by atoms with E-state index in [1.165, 1.54) is 0 Å². The number of carbonyl (C=O) groups excluding carboxylic acids is 2. The fourth-order valence-corrected chi connectivity index (χ4v) is 5.65. The molecule has 2 N–H and O–H groups in total. The third kappa shape index (κ3) is 7.50. The second-order valence-corrected chi connectivity index (χ2v) is 12.1. The Labute approximate surface area is 246 Å². The highest BCUT2D eigenvalue weighted by molar-refractivity contribution is 7.98. The second kappa shape index (κ2) is 13.1. The number of aliphatic hydroxyl groups excluding tert-OH is 1. The van der Waals surface area contributed by atoms with Gasteiger partial charge in [-0.05, 0) is 93.7 Å². The lowest BCUT2D eigenvalue weighted by Gasteiger charge is -2.30. The molecule has 0 aromatic heterocycles. The molecule has 1 aliphatic rings. The molecule has 0 bridgehead atoms. The lowest BCUT2D eigenvalue weighted by Crippen LogP contribution is -2.42. The number of amides is 1. The highest BCUT2D eigenvalue weighted by atomic mass is 32.2. The lowest BCUT2D eigenvalue weighted by molar-refractivity contribution is -0.154. The maximum atomic E-state index is 13.7. The molecule has 218 valence electrons. The number of rotatable bonds is 10. The van der Waals surface area contributed by atoms with E-state index in [0.717, 1.165) is 28.0 Å². The predicted molar refractivity (Wildman–Crippen MR) is 161 cm³/mol. The van der Waals surface area contributed by atoms with Crippen molar-refractivity contribution in [2.24, 2.45) is 11.8 Å². The fourth-order valence-electron chi connectivity index (χ4n) is 5.25. The van der Waals surface area contributed by atoms with E-state index in [9.17, 15) is 19.8 Å². The molecule has 0 radical (unpaired) electrons. The highest BCUT2D eigenvalue weighted by Crippen LogP contribution is 2.34. The molecular weight excluding hydrogens is 538 g/mol. The van der Waals surface area contributed by atoms with E-state index in [1.54, 1.807) is 42.6 Å².